The Hall–Kier alpha value is -1.91. The number of carboxylic acids is 1. The Morgan fingerprint density at radius 2 is 2.16 bits per heavy atom. The van der Waals surface area contributed by atoms with Crippen LogP contribution in [0, 0.1) is 11.8 Å². The Kier molecular flexibility index (Phi) is 3.83. The van der Waals surface area contributed by atoms with Gasteiger partial charge in [-0.05, 0) is 32.4 Å². The van der Waals surface area contributed by atoms with Gasteiger partial charge in [0.25, 0.3) is 0 Å². The number of rotatable bonds is 5. The second kappa shape index (κ2) is 5.38. The molecular formula is C14H18N2O3. The zero-order valence-electron chi connectivity index (χ0n) is 11.1. The molecule has 2 atom stereocenters. The van der Waals surface area contributed by atoms with Crippen molar-refractivity contribution in [3.05, 3.63) is 30.1 Å². The van der Waals surface area contributed by atoms with Gasteiger partial charge in [0.1, 0.15) is 0 Å². The molecule has 0 radical (unpaired) electrons. The molecule has 5 nitrogen and oxygen atoms in total. The van der Waals surface area contributed by atoms with E-state index in [9.17, 15) is 9.59 Å². The first kappa shape index (κ1) is 13.5. The third-order valence-corrected chi connectivity index (χ3v) is 3.39. The molecule has 1 aliphatic carbocycles. The molecule has 102 valence electrons. The molecule has 19 heavy (non-hydrogen) atoms. The zero-order valence-corrected chi connectivity index (χ0v) is 11.1. The summed E-state index contributed by atoms with van der Waals surface area (Å²) in [4.78, 5) is 29.1. The highest BCUT2D eigenvalue weighted by Crippen LogP contribution is 2.40. The fourth-order valence-electron chi connectivity index (χ4n) is 2.14. The third kappa shape index (κ3) is 3.10. The average Bonchev–Trinajstić information content (AvgIpc) is 3.16. The van der Waals surface area contributed by atoms with Crippen LogP contribution in [0.2, 0.25) is 0 Å². The largest absolute Gasteiger partial charge is 0.481 e. The first-order chi connectivity index (χ1) is 9.00. The number of aromatic nitrogens is 1. The molecule has 0 spiro atoms. The van der Waals surface area contributed by atoms with Crippen LogP contribution < -0.4 is 0 Å². The van der Waals surface area contributed by atoms with Crippen molar-refractivity contribution in [1.82, 2.24) is 9.88 Å². The first-order valence-electron chi connectivity index (χ1n) is 6.44. The van der Waals surface area contributed by atoms with Gasteiger partial charge in [-0.1, -0.05) is 6.07 Å². The second-order valence-corrected chi connectivity index (χ2v) is 5.17. The molecule has 1 heterocycles. The molecule has 1 N–H and O–H groups in total. The number of amides is 1. The number of aliphatic carboxylic acids is 1. The van der Waals surface area contributed by atoms with Gasteiger partial charge in [0.05, 0.1) is 24.1 Å². The molecular weight excluding hydrogens is 244 g/mol. The summed E-state index contributed by atoms with van der Waals surface area (Å²) in [6.45, 7) is 4.29. The van der Waals surface area contributed by atoms with Crippen molar-refractivity contribution in [2.45, 2.75) is 32.9 Å². The van der Waals surface area contributed by atoms with E-state index < -0.39 is 11.9 Å². The number of nitrogens with zero attached hydrogens (tertiary/aromatic N) is 2. The van der Waals surface area contributed by atoms with Crippen LogP contribution in [-0.4, -0.2) is 32.9 Å². The summed E-state index contributed by atoms with van der Waals surface area (Å²) in [5, 5.41) is 8.90. The molecule has 1 amide bonds. The van der Waals surface area contributed by atoms with E-state index in [1.54, 1.807) is 11.1 Å². The maximum absolute atomic E-state index is 12.3. The van der Waals surface area contributed by atoms with Crippen molar-refractivity contribution in [1.29, 1.82) is 0 Å². The summed E-state index contributed by atoms with van der Waals surface area (Å²) in [6, 6.07) is 5.60. The van der Waals surface area contributed by atoms with Gasteiger partial charge in [-0.3, -0.25) is 14.6 Å². The molecule has 1 aromatic heterocycles. The van der Waals surface area contributed by atoms with E-state index in [2.05, 4.69) is 4.98 Å². The topological polar surface area (TPSA) is 70.5 Å². The molecule has 1 aliphatic rings. The number of carboxylic acid groups (broad SMARTS) is 1. The van der Waals surface area contributed by atoms with E-state index in [0.717, 1.165) is 5.69 Å². The highest BCUT2D eigenvalue weighted by Gasteiger charge is 2.50. The van der Waals surface area contributed by atoms with Gasteiger partial charge < -0.3 is 10.0 Å². The number of pyridine rings is 1. The highest BCUT2D eigenvalue weighted by atomic mass is 16.4. The molecule has 2 unspecified atom stereocenters. The van der Waals surface area contributed by atoms with Crippen molar-refractivity contribution >= 4 is 11.9 Å². The van der Waals surface area contributed by atoms with Gasteiger partial charge in [0.15, 0.2) is 0 Å². The van der Waals surface area contributed by atoms with Gasteiger partial charge in [-0.2, -0.15) is 0 Å². The van der Waals surface area contributed by atoms with Gasteiger partial charge >= 0.3 is 5.97 Å². The lowest BCUT2D eigenvalue weighted by Crippen LogP contribution is -2.38. The van der Waals surface area contributed by atoms with Gasteiger partial charge in [0.2, 0.25) is 5.91 Å². The monoisotopic (exact) mass is 262 g/mol. The summed E-state index contributed by atoms with van der Waals surface area (Å²) < 4.78 is 0. The molecule has 1 saturated carbocycles. The van der Waals surface area contributed by atoms with Crippen LogP contribution in [0.25, 0.3) is 0 Å². The Morgan fingerprint density at radius 3 is 2.63 bits per heavy atom. The van der Waals surface area contributed by atoms with E-state index in [0.29, 0.717) is 13.0 Å². The summed E-state index contributed by atoms with van der Waals surface area (Å²) in [5.41, 5.74) is 0.817. The van der Waals surface area contributed by atoms with Crippen LogP contribution in [0.1, 0.15) is 26.0 Å². The molecule has 1 aromatic rings. The van der Waals surface area contributed by atoms with Crippen molar-refractivity contribution < 1.29 is 14.7 Å². The number of hydrogen-bond acceptors (Lipinski definition) is 3. The third-order valence-electron chi connectivity index (χ3n) is 3.39. The minimum absolute atomic E-state index is 0.0320. The Balaban J connectivity index is 2.05. The van der Waals surface area contributed by atoms with Crippen molar-refractivity contribution in [3.63, 3.8) is 0 Å². The Labute approximate surface area is 112 Å². The van der Waals surface area contributed by atoms with E-state index in [1.165, 1.54) is 0 Å². The lowest BCUT2D eigenvalue weighted by Gasteiger charge is -2.26. The van der Waals surface area contributed by atoms with Crippen LogP contribution in [-0.2, 0) is 16.1 Å². The van der Waals surface area contributed by atoms with E-state index in [1.807, 2.05) is 32.0 Å². The van der Waals surface area contributed by atoms with Crippen LogP contribution in [0.3, 0.4) is 0 Å². The molecule has 0 saturated heterocycles. The summed E-state index contributed by atoms with van der Waals surface area (Å²) >= 11 is 0. The lowest BCUT2D eigenvalue weighted by molar-refractivity contribution is -0.142. The van der Waals surface area contributed by atoms with E-state index >= 15 is 0 Å². The zero-order chi connectivity index (χ0) is 14.0. The van der Waals surface area contributed by atoms with E-state index in [4.69, 9.17) is 5.11 Å². The quantitative estimate of drug-likeness (QED) is 0.873. The Morgan fingerprint density at radius 1 is 1.42 bits per heavy atom. The van der Waals surface area contributed by atoms with Crippen LogP contribution >= 0.6 is 0 Å². The summed E-state index contributed by atoms with van der Waals surface area (Å²) in [5.74, 6) is -1.81. The van der Waals surface area contributed by atoms with Crippen LogP contribution in [0.4, 0.5) is 0 Å². The average molecular weight is 262 g/mol. The first-order valence-corrected chi connectivity index (χ1v) is 6.44. The molecule has 0 aromatic carbocycles. The predicted molar refractivity (Wildman–Crippen MR) is 69.2 cm³/mol. The van der Waals surface area contributed by atoms with Crippen LogP contribution in [0.15, 0.2) is 24.4 Å². The number of hydrogen-bond donors (Lipinski definition) is 1. The molecule has 1 fully saturated rings. The van der Waals surface area contributed by atoms with Gasteiger partial charge in [0, 0.05) is 12.2 Å². The van der Waals surface area contributed by atoms with Crippen molar-refractivity contribution in [2.24, 2.45) is 11.8 Å². The highest BCUT2D eigenvalue weighted by molar-refractivity contribution is 5.89. The van der Waals surface area contributed by atoms with Crippen molar-refractivity contribution in [2.75, 3.05) is 0 Å². The normalized spacial score (nSPS) is 21.2. The van der Waals surface area contributed by atoms with E-state index in [-0.39, 0.29) is 17.9 Å². The standard InChI is InChI=1S/C14H18N2O3/c1-9(2)16(8-10-5-3-4-6-15-10)13(17)11-7-12(11)14(18)19/h3-6,9,11-12H,7-8H2,1-2H3,(H,18,19). The minimum Gasteiger partial charge on any atom is -0.481 e. The second-order valence-electron chi connectivity index (χ2n) is 5.17. The molecule has 5 heteroatoms. The number of carbonyl (C=O) groups excluding carboxylic acids is 1. The molecule has 2 rings (SSSR count). The molecule has 0 aliphatic heterocycles. The summed E-state index contributed by atoms with van der Waals surface area (Å²) in [6.07, 6.45) is 2.15. The lowest BCUT2D eigenvalue weighted by atomic mass is 10.2. The van der Waals surface area contributed by atoms with Crippen LogP contribution in [0.5, 0.6) is 0 Å². The Bertz CT molecular complexity index is 473. The van der Waals surface area contributed by atoms with Crippen molar-refractivity contribution in [3.8, 4) is 0 Å². The molecule has 0 bridgehead atoms. The van der Waals surface area contributed by atoms with Gasteiger partial charge in [-0.25, -0.2) is 0 Å². The SMILES string of the molecule is CC(C)N(Cc1ccccn1)C(=O)C1CC1C(=O)O. The fraction of sp³-hybridized carbons (Fsp3) is 0.500. The van der Waals surface area contributed by atoms with Gasteiger partial charge in [-0.15, -0.1) is 0 Å². The number of carbonyl (C=O) groups is 2. The summed E-state index contributed by atoms with van der Waals surface area (Å²) in [7, 11) is 0. The smallest absolute Gasteiger partial charge is 0.307 e. The fourth-order valence-corrected chi connectivity index (χ4v) is 2.14. The minimum atomic E-state index is -0.875. The maximum atomic E-state index is 12.3. The maximum Gasteiger partial charge on any atom is 0.307 e. The predicted octanol–water partition coefficient (Wildman–Crippen LogP) is 1.54.